The van der Waals surface area contributed by atoms with Crippen LogP contribution in [0.2, 0.25) is 5.15 Å². The lowest BCUT2D eigenvalue weighted by atomic mass is 10.1. The predicted octanol–water partition coefficient (Wildman–Crippen LogP) is 2.90. The van der Waals surface area contributed by atoms with Crippen LogP contribution in [-0.4, -0.2) is 22.7 Å². The van der Waals surface area contributed by atoms with Gasteiger partial charge in [-0.3, -0.25) is 0 Å². The van der Waals surface area contributed by atoms with Crippen LogP contribution in [0.5, 0.6) is 0 Å². The highest BCUT2D eigenvalue weighted by atomic mass is 35.5. The Balaban J connectivity index is 2.01. The maximum atomic E-state index is 12.0. The lowest BCUT2D eigenvalue weighted by molar-refractivity contribution is 0.225. The Morgan fingerprint density at radius 3 is 2.71 bits per heavy atom. The molecule has 2 amide bonds. The summed E-state index contributed by atoms with van der Waals surface area (Å²) in [4.78, 5) is 15.9. The molecule has 0 fully saturated rings. The molecule has 0 radical (unpaired) electrons. The minimum absolute atomic E-state index is 0.185. The summed E-state index contributed by atoms with van der Waals surface area (Å²) in [7, 11) is 0. The molecule has 0 bridgehead atoms. The van der Waals surface area contributed by atoms with Crippen LogP contribution in [0.3, 0.4) is 0 Å². The fourth-order valence-corrected chi connectivity index (χ4v) is 1.97. The number of carbonyl (C=O) groups is 1. The summed E-state index contributed by atoms with van der Waals surface area (Å²) < 4.78 is 0. The summed E-state index contributed by atoms with van der Waals surface area (Å²) in [6.45, 7) is 1.62. The van der Waals surface area contributed by atoms with Gasteiger partial charge in [-0.05, 0) is 24.1 Å². The van der Waals surface area contributed by atoms with Crippen LogP contribution in [0.4, 0.5) is 10.5 Å². The average Bonchev–Trinajstić information content (AvgIpc) is 2.49. The van der Waals surface area contributed by atoms with Gasteiger partial charge in [0.2, 0.25) is 0 Å². The number of benzene rings is 1. The number of aryl methyl sites for hydroxylation is 1. The van der Waals surface area contributed by atoms with Gasteiger partial charge in [0.05, 0.1) is 24.5 Å². The fourth-order valence-electron chi connectivity index (χ4n) is 1.87. The number of nitrogens with one attached hydrogen (secondary N) is 2. The molecule has 2 rings (SSSR count). The average molecular weight is 306 g/mol. The Kier molecular flexibility index (Phi) is 5.14. The number of aliphatic hydroxyl groups is 1. The van der Waals surface area contributed by atoms with Gasteiger partial charge >= 0.3 is 6.03 Å². The number of amides is 2. The van der Waals surface area contributed by atoms with E-state index in [0.717, 1.165) is 11.1 Å². The Morgan fingerprint density at radius 1 is 1.38 bits per heavy atom. The van der Waals surface area contributed by atoms with Crippen molar-refractivity contribution in [3.63, 3.8) is 0 Å². The maximum absolute atomic E-state index is 12.0. The quantitative estimate of drug-likeness (QED) is 0.760. The van der Waals surface area contributed by atoms with Gasteiger partial charge < -0.3 is 15.7 Å². The van der Waals surface area contributed by atoms with Crippen LogP contribution in [0.15, 0.2) is 42.6 Å². The highest BCUT2D eigenvalue weighted by Crippen LogP contribution is 2.16. The van der Waals surface area contributed by atoms with Crippen molar-refractivity contribution in [3.8, 4) is 0 Å². The number of halogens is 1. The lowest BCUT2D eigenvalue weighted by Crippen LogP contribution is -2.34. The Labute approximate surface area is 128 Å². The lowest BCUT2D eigenvalue weighted by Gasteiger charge is -2.17. The van der Waals surface area contributed by atoms with E-state index in [9.17, 15) is 9.90 Å². The zero-order valence-corrected chi connectivity index (χ0v) is 12.3. The van der Waals surface area contributed by atoms with Crippen molar-refractivity contribution < 1.29 is 9.90 Å². The van der Waals surface area contributed by atoms with E-state index >= 15 is 0 Å². The zero-order valence-electron chi connectivity index (χ0n) is 11.5. The summed E-state index contributed by atoms with van der Waals surface area (Å²) in [6, 6.07) is 10.1. The standard InChI is InChI=1S/C15H16ClN3O2/c1-10-7-12(8-17-14(10)16)18-15(21)19-13(9-20)11-5-3-2-4-6-11/h2-8,13,20H,9H2,1H3,(H2,18,19,21)/t13-/m1/s1. The molecule has 5 nitrogen and oxygen atoms in total. The molecule has 1 aromatic carbocycles. The molecule has 2 aromatic rings. The summed E-state index contributed by atoms with van der Waals surface area (Å²) in [5, 5.41) is 15.2. The van der Waals surface area contributed by atoms with E-state index < -0.39 is 12.1 Å². The molecule has 21 heavy (non-hydrogen) atoms. The molecule has 110 valence electrons. The molecule has 0 spiro atoms. The van der Waals surface area contributed by atoms with E-state index in [2.05, 4.69) is 15.6 Å². The third-order valence-corrected chi connectivity index (χ3v) is 3.36. The van der Waals surface area contributed by atoms with Gasteiger partial charge in [-0.15, -0.1) is 0 Å². The number of pyridine rings is 1. The monoisotopic (exact) mass is 305 g/mol. The van der Waals surface area contributed by atoms with Crippen molar-refractivity contribution in [2.75, 3.05) is 11.9 Å². The molecule has 0 aliphatic carbocycles. The maximum Gasteiger partial charge on any atom is 0.319 e. The van der Waals surface area contributed by atoms with Crippen molar-refractivity contribution in [1.29, 1.82) is 0 Å². The van der Waals surface area contributed by atoms with Crippen LogP contribution < -0.4 is 10.6 Å². The normalized spacial score (nSPS) is 11.8. The fraction of sp³-hybridized carbons (Fsp3) is 0.200. The number of rotatable bonds is 4. The number of aromatic nitrogens is 1. The van der Waals surface area contributed by atoms with Crippen molar-refractivity contribution >= 4 is 23.3 Å². The van der Waals surface area contributed by atoms with Crippen molar-refractivity contribution in [1.82, 2.24) is 10.3 Å². The van der Waals surface area contributed by atoms with E-state index in [-0.39, 0.29) is 6.61 Å². The SMILES string of the molecule is Cc1cc(NC(=O)N[C@H](CO)c2ccccc2)cnc1Cl. The summed E-state index contributed by atoms with van der Waals surface area (Å²) >= 11 is 5.83. The number of aliphatic hydroxyl groups excluding tert-OH is 1. The molecule has 1 heterocycles. The minimum atomic E-state index is -0.465. The topological polar surface area (TPSA) is 74.2 Å². The molecule has 1 atom stereocenters. The first-order valence-corrected chi connectivity index (χ1v) is 6.83. The molecular weight excluding hydrogens is 290 g/mol. The van der Waals surface area contributed by atoms with Crippen molar-refractivity contribution in [2.45, 2.75) is 13.0 Å². The van der Waals surface area contributed by atoms with Crippen LogP contribution in [0.1, 0.15) is 17.2 Å². The largest absolute Gasteiger partial charge is 0.394 e. The van der Waals surface area contributed by atoms with Gasteiger partial charge in [-0.25, -0.2) is 9.78 Å². The number of carbonyl (C=O) groups excluding carboxylic acids is 1. The van der Waals surface area contributed by atoms with Gasteiger partial charge in [0, 0.05) is 0 Å². The highest BCUT2D eigenvalue weighted by Gasteiger charge is 2.13. The number of urea groups is 1. The third kappa shape index (κ3) is 4.18. The third-order valence-electron chi connectivity index (χ3n) is 2.96. The van der Waals surface area contributed by atoms with Crippen LogP contribution in [-0.2, 0) is 0 Å². The van der Waals surface area contributed by atoms with E-state index in [1.807, 2.05) is 30.3 Å². The van der Waals surface area contributed by atoms with Crippen molar-refractivity contribution in [2.24, 2.45) is 0 Å². The van der Waals surface area contributed by atoms with E-state index in [4.69, 9.17) is 11.6 Å². The molecule has 6 heteroatoms. The molecular formula is C15H16ClN3O2. The number of anilines is 1. The first-order chi connectivity index (χ1) is 10.1. The van der Waals surface area contributed by atoms with Gasteiger partial charge in [0.1, 0.15) is 5.15 Å². The number of hydrogen-bond donors (Lipinski definition) is 3. The molecule has 0 aliphatic heterocycles. The van der Waals surface area contributed by atoms with Gasteiger partial charge in [0.25, 0.3) is 0 Å². The Morgan fingerprint density at radius 2 is 2.10 bits per heavy atom. The molecule has 0 saturated carbocycles. The predicted molar refractivity (Wildman–Crippen MR) is 82.4 cm³/mol. The number of nitrogens with zero attached hydrogens (tertiary/aromatic N) is 1. The smallest absolute Gasteiger partial charge is 0.319 e. The first kappa shape index (κ1) is 15.3. The first-order valence-electron chi connectivity index (χ1n) is 6.45. The molecule has 3 N–H and O–H groups in total. The van der Waals surface area contributed by atoms with Crippen molar-refractivity contribution in [3.05, 3.63) is 58.9 Å². The van der Waals surface area contributed by atoms with E-state index in [1.165, 1.54) is 6.20 Å². The van der Waals surface area contributed by atoms with E-state index in [0.29, 0.717) is 10.8 Å². The minimum Gasteiger partial charge on any atom is -0.394 e. The summed E-state index contributed by atoms with van der Waals surface area (Å²) in [5.74, 6) is 0. The summed E-state index contributed by atoms with van der Waals surface area (Å²) in [5.41, 5.74) is 2.15. The summed E-state index contributed by atoms with van der Waals surface area (Å²) in [6.07, 6.45) is 1.48. The Hall–Kier alpha value is -2.11. The highest BCUT2D eigenvalue weighted by molar-refractivity contribution is 6.30. The molecule has 0 saturated heterocycles. The van der Waals surface area contributed by atoms with Gasteiger partial charge in [0.15, 0.2) is 0 Å². The second-order valence-electron chi connectivity index (χ2n) is 4.58. The van der Waals surface area contributed by atoms with Crippen LogP contribution in [0.25, 0.3) is 0 Å². The molecule has 0 unspecified atom stereocenters. The Bertz CT molecular complexity index is 620. The zero-order chi connectivity index (χ0) is 15.2. The van der Waals surface area contributed by atoms with Crippen LogP contribution in [0, 0.1) is 6.92 Å². The molecule has 1 aromatic heterocycles. The second kappa shape index (κ2) is 7.06. The van der Waals surface area contributed by atoms with Gasteiger partial charge in [-0.1, -0.05) is 41.9 Å². The number of hydrogen-bond acceptors (Lipinski definition) is 3. The van der Waals surface area contributed by atoms with E-state index in [1.54, 1.807) is 13.0 Å². The molecule has 0 aliphatic rings. The van der Waals surface area contributed by atoms with Gasteiger partial charge in [-0.2, -0.15) is 0 Å². The van der Waals surface area contributed by atoms with Crippen LogP contribution >= 0.6 is 11.6 Å². The second-order valence-corrected chi connectivity index (χ2v) is 4.93.